The fourth-order valence-electron chi connectivity index (χ4n) is 2.42. The molecule has 0 aliphatic rings. The molecular weight excluding hydrogens is 360 g/mol. The van der Waals surface area contributed by atoms with Gasteiger partial charge in [-0.05, 0) is 72.1 Å². The van der Waals surface area contributed by atoms with Gasteiger partial charge in [0.05, 0.1) is 6.61 Å². The molecule has 0 saturated carbocycles. The van der Waals surface area contributed by atoms with Gasteiger partial charge in [0.1, 0.15) is 0 Å². The third kappa shape index (κ3) is 17.9. The van der Waals surface area contributed by atoms with E-state index in [1.54, 1.807) is 20.8 Å². The Balaban J connectivity index is 3.61. The zero-order chi connectivity index (χ0) is 21.6. The Bertz CT molecular complexity index is 536. The lowest BCUT2D eigenvalue weighted by Gasteiger charge is -2.22. The van der Waals surface area contributed by atoms with Crippen LogP contribution in [0.4, 0.5) is 0 Å². The molecule has 0 N–H and O–H groups in total. The highest BCUT2D eigenvalue weighted by molar-refractivity contribution is 5.78. The molecule has 0 aromatic heterocycles. The minimum absolute atomic E-state index is 0.294. The fraction of sp³-hybridized carbons (Fsp3) is 0.577. The molecule has 0 spiro atoms. The molecule has 0 unspecified atom stereocenters. The van der Waals surface area contributed by atoms with Gasteiger partial charge in [0, 0.05) is 6.61 Å². The van der Waals surface area contributed by atoms with Crippen LogP contribution >= 0.6 is 0 Å². The normalized spacial score (nSPS) is 13.1. The molecule has 0 aromatic rings. The molecule has 29 heavy (non-hydrogen) atoms. The maximum atomic E-state index is 11.7. The molecule has 0 heterocycles. The summed E-state index contributed by atoms with van der Waals surface area (Å²) in [5, 5.41) is 0. The van der Waals surface area contributed by atoms with Crippen LogP contribution in [-0.2, 0) is 14.3 Å². The zero-order valence-electron chi connectivity index (χ0n) is 19.1. The van der Waals surface area contributed by atoms with E-state index in [4.69, 9.17) is 9.47 Å². The summed E-state index contributed by atoms with van der Waals surface area (Å²) in [7, 11) is 0. The van der Waals surface area contributed by atoms with Crippen molar-refractivity contribution in [2.75, 3.05) is 13.2 Å². The Hall–Kier alpha value is -1.87. The molecule has 3 heteroatoms. The van der Waals surface area contributed by atoms with Crippen molar-refractivity contribution in [1.29, 1.82) is 0 Å². The van der Waals surface area contributed by atoms with Crippen molar-refractivity contribution in [1.82, 2.24) is 0 Å². The first-order valence-corrected chi connectivity index (χ1v) is 11.1. The Kier molecular flexibility index (Phi) is 18.2. The largest absolute Gasteiger partial charge is 0.464 e. The fourth-order valence-corrected chi connectivity index (χ4v) is 2.42. The first-order valence-electron chi connectivity index (χ1n) is 11.1. The third-order valence-corrected chi connectivity index (χ3v) is 4.15. The predicted molar refractivity (Wildman–Crippen MR) is 125 cm³/mol. The van der Waals surface area contributed by atoms with Crippen LogP contribution in [0, 0.1) is 0 Å². The quantitative estimate of drug-likeness (QED) is 0.146. The predicted octanol–water partition coefficient (Wildman–Crippen LogP) is 7.27. The summed E-state index contributed by atoms with van der Waals surface area (Å²) < 4.78 is 10.7. The van der Waals surface area contributed by atoms with Crippen molar-refractivity contribution in [2.24, 2.45) is 0 Å². The minimum Gasteiger partial charge on any atom is -0.464 e. The number of ether oxygens (including phenoxy) is 2. The third-order valence-electron chi connectivity index (χ3n) is 4.15. The second-order valence-electron chi connectivity index (χ2n) is 7.28. The van der Waals surface area contributed by atoms with Crippen LogP contribution in [0.5, 0.6) is 0 Å². The number of rotatable bonds is 17. The summed E-state index contributed by atoms with van der Waals surface area (Å²) in [4.78, 5) is 11.7. The van der Waals surface area contributed by atoms with E-state index in [-0.39, 0.29) is 5.97 Å². The van der Waals surface area contributed by atoms with Crippen LogP contribution in [0.1, 0.15) is 79.1 Å². The van der Waals surface area contributed by atoms with Crippen molar-refractivity contribution in [3.05, 3.63) is 60.8 Å². The molecule has 3 nitrogen and oxygen atoms in total. The molecule has 0 amide bonds. The number of carbonyl (C=O) groups excluding carboxylic acids is 1. The summed E-state index contributed by atoms with van der Waals surface area (Å²) in [5.41, 5.74) is -0.854. The lowest BCUT2D eigenvalue weighted by molar-refractivity contribution is -0.167. The molecule has 0 atom stereocenters. The Morgan fingerprint density at radius 2 is 1.21 bits per heavy atom. The highest BCUT2D eigenvalue weighted by Gasteiger charge is 2.29. The van der Waals surface area contributed by atoms with E-state index in [9.17, 15) is 4.79 Å². The Morgan fingerprint density at radius 3 is 1.69 bits per heavy atom. The topological polar surface area (TPSA) is 35.5 Å². The van der Waals surface area contributed by atoms with Crippen molar-refractivity contribution in [2.45, 2.75) is 84.7 Å². The molecule has 0 aliphatic carbocycles. The molecule has 0 saturated heterocycles. The van der Waals surface area contributed by atoms with Gasteiger partial charge in [-0.15, -0.1) is 0 Å². The smallest absolute Gasteiger partial charge is 0.337 e. The number of hydrogen-bond donors (Lipinski definition) is 0. The summed E-state index contributed by atoms with van der Waals surface area (Å²) in [6, 6.07) is 0. The van der Waals surface area contributed by atoms with Gasteiger partial charge in [0.2, 0.25) is 0 Å². The Labute approximate surface area is 179 Å². The summed E-state index contributed by atoms with van der Waals surface area (Å²) >= 11 is 0. The summed E-state index contributed by atoms with van der Waals surface area (Å²) in [6.45, 7) is 8.44. The standard InChI is InChI=1S/C26H42O3/c1-5-7-8-9-10-11-12-13-14-15-16-17-18-19-20-21-22-23-24-29-26(3,4)25(27)28-6-2/h7-8,10-11,13-14,16-17,19-20H,5-6,9,12,15,18,21-24H2,1-4H3. The van der Waals surface area contributed by atoms with Gasteiger partial charge in [0.25, 0.3) is 0 Å². The van der Waals surface area contributed by atoms with E-state index < -0.39 is 5.60 Å². The number of unbranched alkanes of at least 4 members (excludes halogenated alkanes) is 2. The lowest BCUT2D eigenvalue weighted by Crippen LogP contribution is -2.37. The van der Waals surface area contributed by atoms with Crippen LogP contribution in [0.3, 0.4) is 0 Å². The van der Waals surface area contributed by atoms with E-state index in [1.807, 2.05) is 0 Å². The maximum Gasteiger partial charge on any atom is 0.337 e. The Morgan fingerprint density at radius 1 is 0.724 bits per heavy atom. The van der Waals surface area contributed by atoms with E-state index in [0.717, 1.165) is 51.4 Å². The van der Waals surface area contributed by atoms with Crippen LogP contribution in [0.25, 0.3) is 0 Å². The van der Waals surface area contributed by atoms with Gasteiger partial charge in [-0.25, -0.2) is 4.79 Å². The van der Waals surface area contributed by atoms with E-state index in [1.165, 1.54) is 0 Å². The van der Waals surface area contributed by atoms with Crippen molar-refractivity contribution in [3.8, 4) is 0 Å². The van der Waals surface area contributed by atoms with Crippen LogP contribution < -0.4 is 0 Å². The van der Waals surface area contributed by atoms with Crippen molar-refractivity contribution in [3.63, 3.8) is 0 Å². The average Bonchev–Trinajstić information content (AvgIpc) is 2.70. The number of hydrogen-bond acceptors (Lipinski definition) is 3. The molecule has 0 bridgehead atoms. The second-order valence-corrected chi connectivity index (χ2v) is 7.28. The zero-order valence-corrected chi connectivity index (χ0v) is 19.1. The SMILES string of the molecule is CCC=CCC=CCC=CCC=CCC=CCCCCOC(C)(C)C(=O)OCC. The molecular formula is C26H42O3. The van der Waals surface area contributed by atoms with Crippen LogP contribution in [-0.4, -0.2) is 24.8 Å². The average molecular weight is 403 g/mol. The number of allylic oxidation sites excluding steroid dienone is 10. The second kappa shape index (κ2) is 19.4. The van der Waals surface area contributed by atoms with Crippen LogP contribution in [0.15, 0.2) is 60.8 Å². The molecule has 0 aliphatic heterocycles. The number of carbonyl (C=O) groups is 1. The molecule has 164 valence electrons. The molecule has 0 aromatic carbocycles. The van der Waals surface area contributed by atoms with Gasteiger partial charge >= 0.3 is 5.97 Å². The highest BCUT2D eigenvalue weighted by atomic mass is 16.6. The monoisotopic (exact) mass is 402 g/mol. The highest BCUT2D eigenvalue weighted by Crippen LogP contribution is 2.13. The minimum atomic E-state index is -0.854. The lowest BCUT2D eigenvalue weighted by atomic mass is 10.1. The van der Waals surface area contributed by atoms with Gasteiger partial charge in [-0.3, -0.25) is 0 Å². The van der Waals surface area contributed by atoms with Gasteiger partial charge in [-0.2, -0.15) is 0 Å². The molecule has 0 rings (SSSR count). The van der Waals surface area contributed by atoms with Gasteiger partial charge in [0.15, 0.2) is 5.60 Å². The summed E-state index contributed by atoms with van der Waals surface area (Å²) in [6.07, 6.45) is 30.3. The first kappa shape index (κ1) is 27.1. The number of esters is 1. The maximum absolute atomic E-state index is 11.7. The van der Waals surface area contributed by atoms with Gasteiger partial charge in [-0.1, -0.05) is 67.7 Å². The molecule has 0 fully saturated rings. The molecule has 0 radical (unpaired) electrons. The summed E-state index contributed by atoms with van der Waals surface area (Å²) in [5.74, 6) is -0.294. The first-order chi connectivity index (χ1) is 14.0. The van der Waals surface area contributed by atoms with E-state index >= 15 is 0 Å². The van der Waals surface area contributed by atoms with E-state index in [0.29, 0.717) is 13.2 Å². The van der Waals surface area contributed by atoms with Crippen LogP contribution in [0.2, 0.25) is 0 Å². The van der Waals surface area contributed by atoms with Crippen molar-refractivity contribution < 1.29 is 14.3 Å². The van der Waals surface area contributed by atoms with E-state index in [2.05, 4.69) is 67.7 Å². The van der Waals surface area contributed by atoms with Crippen molar-refractivity contribution >= 4 is 5.97 Å². The van der Waals surface area contributed by atoms with Gasteiger partial charge < -0.3 is 9.47 Å².